The summed E-state index contributed by atoms with van der Waals surface area (Å²) in [5.74, 6) is 1.71. The van der Waals surface area contributed by atoms with Gasteiger partial charge in [-0.05, 0) is 79.5 Å². The lowest BCUT2D eigenvalue weighted by Gasteiger charge is -2.37. The van der Waals surface area contributed by atoms with Crippen molar-refractivity contribution in [3.8, 4) is 22.8 Å². The molecule has 1 fully saturated rings. The lowest BCUT2D eigenvalue weighted by atomic mass is 9.96. The van der Waals surface area contributed by atoms with E-state index in [1.807, 2.05) is 30.3 Å². The number of aliphatic imine (C=N–C) groups is 1. The van der Waals surface area contributed by atoms with Crippen molar-refractivity contribution in [3.63, 3.8) is 0 Å². The molecule has 46 heavy (non-hydrogen) atoms. The van der Waals surface area contributed by atoms with Crippen molar-refractivity contribution in [1.29, 1.82) is 0 Å². The summed E-state index contributed by atoms with van der Waals surface area (Å²) in [6, 6.07) is 22.1. The number of hydrogen-bond donors (Lipinski definition) is 0. The molecule has 1 aliphatic heterocycles. The lowest BCUT2D eigenvalue weighted by Crippen LogP contribution is -2.42. The third-order valence-electron chi connectivity index (χ3n) is 7.93. The van der Waals surface area contributed by atoms with Crippen LogP contribution in [0.2, 0.25) is 0 Å². The summed E-state index contributed by atoms with van der Waals surface area (Å²) < 4.78 is 42.7. The van der Waals surface area contributed by atoms with Gasteiger partial charge in [-0.1, -0.05) is 75.0 Å². The van der Waals surface area contributed by atoms with Crippen molar-refractivity contribution in [2.24, 2.45) is 10.9 Å². The van der Waals surface area contributed by atoms with E-state index in [0.717, 1.165) is 47.0 Å². The maximum Gasteiger partial charge on any atom is 0.573 e. The summed E-state index contributed by atoms with van der Waals surface area (Å²) in [6.45, 7) is 8.72. The van der Waals surface area contributed by atoms with Crippen LogP contribution in [0.4, 0.5) is 18.9 Å². The number of amides is 1. The fourth-order valence-electron chi connectivity index (χ4n) is 5.48. The molecule has 1 saturated heterocycles. The number of hydrogen-bond acceptors (Lipinski definition) is 5. The summed E-state index contributed by atoms with van der Waals surface area (Å²) in [5, 5.41) is 5.27. The van der Waals surface area contributed by atoms with E-state index in [0.29, 0.717) is 23.9 Å². The molecule has 242 valence electrons. The standard InChI is InChI=1S/C35H38F3N5O2S/c1-23(2)30-7-5-6-8-31(30)43-25(4)19-20-46-34(43)40-32(44)18-9-24(3)21-26-10-12-27(13-11-26)33-39-22-42(41-33)28-14-16-29(17-15-28)45-35(36,37)38/h5-8,10-17,22-25H,9,18-21H2,1-4H3. The van der Waals surface area contributed by atoms with Gasteiger partial charge in [0.1, 0.15) is 12.1 Å². The first-order valence-electron chi connectivity index (χ1n) is 15.5. The Bertz CT molecular complexity index is 1650. The Morgan fingerprint density at radius 1 is 1.04 bits per heavy atom. The molecule has 11 heteroatoms. The Balaban J connectivity index is 1.16. The average molecular weight is 650 g/mol. The molecule has 4 aromatic rings. The van der Waals surface area contributed by atoms with Crippen LogP contribution >= 0.6 is 11.8 Å². The molecule has 0 saturated carbocycles. The predicted octanol–water partition coefficient (Wildman–Crippen LogP) is 8.83. The quantitative estimate of drug-likeness (QED) is 0.171. The number of amidine groups is 1. The molecule has 0 radical (unpaired) electrons. The smallest absolute Gasteiger partial charge is 0.406 e. The van der Waals surface area contributed by atoms with Gasteiger partial charge in [0.25, 0.3) is 0 Å². The molecule has 0 aliphatic carbocycles. The Kier molecular flexibility index (Phi) is 10.5. The van der Waals surface area contributed by atoms with Crippen LogP contribution in [-0.4, -0.2) is 44.0 Å². The number of nitrogens with zero attached hydrogens (tertiary/aromatic N) is 5. The molecule has 5 rings (SSSR count). The SMILES string of the molecule is CC(CCC(=O)N=C1SCCC(C)N1c1ccccc1C(C)C)Cc1ccc(-c2ncn(-c3ccc(OC(F)(F)F)cc3)n2)cc1. The van der Waals surface area contributed by atoms with Crippen LogP contribution in [0.3, 0.4) is 0 Å². The van der Waals surface area contributed by atoms with Crippen molar-refractivity contribution in [1.82, 2.24) is 14.8 Å². The van der Waals surface area contributed by atoms with Crippen LogP contribution in [0.25, 0.3) is 17.1 Å². The van der Waals surface area contributed by atoms with E-state index in [4.69, 9.17) is 0 Å². The maximum absolute atomic E-state index is 13.1. The van der Waals surface area contributed by atoms with Gasteiger partial charge >= 0.3 is 6.36 Å². The van der Waals surface area contributed by atoms with Gasteiger partial charge in [-0.3, -0.25) is 4.79 Å². The van der Waals surface area contributed by atoms with Crippen LogP contribution in [0.15, 0.2) is 84.1 Å². The molecule has 1 aromatic heterocycles. The molecule has 2 heterocycles. The third kappa shape index (κ3) is 8.57. The molecule has 3 aromatic carbocycles. The van der Waals surface area contributed by atoms with E-state index in [-0.39, 0.29) is 23.6 Å². The number of anilines is 1. The molecule has 2 atom stereocenters. The zero-order chi connectivity index (χ0) is 32.8. The first kappa shape index (κ1) is 33.2. The minimum atomic E-state index is -4.74. The van der Waals surface area contributed by atoms with E-state index in [1.165, 1.54) is 40.8 Å². The highest BCUT2D eigenvalue weighted by Gasteiger charge is 2.31. The molecule has 2 unspecified atom stereocenters. The first-order chi connectivity index (χ1) is 22.0. The molecule has 7 nitrogen and oxygen atoms in total. The zero-order valence-electron chi connectivity index (χ0n) is 26.4. The molecule has 1 aliphatic rings. The summed E-state index contributed by atoms with van der Waals surface area (Å²) in [6.07, 6.45) is -0.247. The van der Waals surface area contributed by atoms with Gasteiger partial charge < -0.3 is 9.64 Å². The van der Waals surface area contributed by atoms with Gasteiger partial charge in [0.05, 0.1) is 5.69 Å². The van der Waals surface area contributed by atoms with Crippen molar-refractivity contribution in [3.05, 3.63) is 90.3 Å². The number of alkyl halides is 3. The maximum atomic E-state index is 13.1. The monoisotopic (exact) mass is 649 g/mol. The first-order valence-corrected chi connectivity index (χ1v) is 16.4. The van der Waals surface area contributed by atoms with Crippen LogP contribution in [0.5, 0.6) is 5.75 Å². The summed E-state index contributed by atoms with van der Waals surface area (Å²) >= 11 is 1.66. The number of benzene rings is 3. The van der Waals surface area contributed by atoms with Crippen molar-refractivity contribution < 1.29 is 22.7 Å². The van der Waals surface area contributed by atoms with Gasteiger partial charge in [-0.2, -0.15) is 4.99 Å². The van der Waals surface area contributed by atoms with Crippen molar-refractivity contribution in [2.75, 3.05) is 10.7 Å². The number of carbonyl (C=O) groups is 1. The number of carbonyl (C=O) groups excluding carboxylic acids is 1. The van der Waals surface area contributed by atoms with Crippen LogP contribution in [0, 0.1) is 5.92 Å². The largest absolute Gasteiger partial charge is 0.573 e. The molecular weight excluding hydrogens is 611 g/mol. The zero-order valence-corrected chi connectivity index (χ0v) is 27.2. The highest BCUT2D eigenvalue weighted by Crippen LogP contribution is 2.35. The number of aromatic nitrogens is 3. The number of halogens is 3. The van der Waals surface area contributed by atoms with E-state index in [2.05, 4.69) is 70.6 Å². The Labute approximate surface area is 271 Å². The van der Waals surface area contributed by atoms with E-state index < -0.39 is 6.36 Å². The van der Waals surface area contributed by atoms with Gasteiger partial charge in [0.2, 0.25) is 5.91 Å². The molecule has 0 bridgehead atoms. The molecule has 1 amide bonds. The van der Waals surface area contributed by atoms with E-state index >= 15 is 0 Å². The van der Waals surface area contributed by atoms with Gasteiger partial charge in [-0.15, -0.1) is 18.3 Å². The fourth-order valence-corrected chi connectivity index (χ4v) is 6.70. The van der Waals surface area contributed by atoms with Crippen LogP contribution in [-0.2, 0) is 11.2 Å². The van der Waals surface area contributed by atoms with Crippen LogP contribution < -0.4 is 9.64 Å². The number of thioether (sulfide) groups is 1. The van der Waals surface area contributed by atoms with E-state index in [9.17, 15) is 18.0 Å². The summed E-state index contributed by atoms with van der Waals surface area (Å²) in [4.78, 5) is 24.3. The Morgan fingerprint density at radius 2 is 1.76 bits per heavy atom. The molecule has 0 spiro atoms. The predicted molar refractivity (Wildman–Crippen MR) is 178 cm³/mol. The summed E-state index contributed by atoms with van der Waals surface area (Å²) in [5.41, 5.74) is 4.91. The van der Waals surface area contributed by atoms with E-state index in [1.54, 1.807) is 11.8 Å². The molecular formula is C35H38F3N5O2S. The second-order valence-electron chi connectivity index (χ2n) is 12.0. The number of rotatable bonds is 10. The topological polar surface area (TPSA) is 72.6 Å². The van der Waals surface area contributed by atoms with Gasteiger partial charge in [0.15, 0.2) is 11.0 Å². The Hall–Kier alpha value is -4.12. The normalized spacial score (nSPS) is 17.0. The van der Waals surface area contributed by atoms with Crippen molar-refractivity contribution in [2.45, 2.75) is 71.7 Å². The van der Waals surface area contributed by atoms with Crippen LogP contribution in [0.1, 0.15) is 64.0 Å². The second-order valence-corrected chi connectivity index (χ2v) is 13.0. The van der Waals surface area contributed by atoms with Gasteiger partial charge in [-0.25, -0.2) is 9.67 Å². The lowest BCUT2D eigenvalue weighted by molar-refractivity contribution is -0.274. The van der Waals surface area contributed by atoms with Crippen molar-refractivity contribution >= 4 is 28.5 Å². The Morgan fingerprint density at radius 3 is 2.46 bits per heavy atom. The average Bonchev–Trinajstić information content (AvgIpc) is 3.51. The minimum Gasteiger partial charge on any atom is -0.406 e. The highest BCUT2D eigenvalue weighted by molar-refractivity contribution is 8.14. The highest BCUT2D eigenvalue weighted by atomic mass is 32.2. The third-order valence-corrected chi connectivity index (χ3v) is 8.91. The number of para-hydroxylation sites is 1. The second kappa shape index (κ2) is 14.5. The fraction of sp³-hybridized carbons (Fsp3) is 0.371. The summed E-state index contributed by atoms with van der Waals surface area (Å²) in [7, 11) is 0. The number of ether oxygens (including phenoxy) is 1. The minimum absolute atomic E-state index is 0.0880. The van der Waals surface area contributed by atoms with Gasteiger partial charge in [0, 0.05) is 29.5 Å². The molecule has 0 N–H and O–H groups in total.